The van der Waals surface area contributed by atoms with Crippen LogP contribution in [-0.2, 0) is 0 Å². The SMILES string of the molecule is COc1ccc(C(=O)Nc2nc(Cl)c3[nH]cnc3n2)cc1. The third-order valence-electron chi connectivity index (χ3n) is 2.82. The highest BCUT2D eigenvalue weighted by atomic mass is 35.5. The van der Waals surface area contributed by atoms with Crippen molar-refractivity contribution in [2.75, 3.05) is 12.4 Å². The number of methoxy groups -OCH3 is 1. The summed E-state index contributed by atoms with van der Waals surface area (Å²) in [7, 11) is 1.56. The third kappa shape index (κ3) is 2.63. The zero-order chi connectivity index (χ0) is 14.8. The number of H-pyrrole nitrogens is 1. The molecule has 7 nitrogen and oxygen atoms in total. The number of fused-ring (bicyclic) bond motifs is 1. The van der Waals surface area contributed by atoms with Gasteiger partial charge in [-0.1, -0.05) is 11.6 Å². The molecule has 2 aromatic heterocycles. The standard InChI is InChI=1S/C13H10ClN5O2/c1-21-8-4-2-7(3-5-8)12(20)19-13-17-10(14)9-11(18-13)16-6-15-9/h2-6H,1H3,(H2,15,16,17,18,19,20). The molecule has 1 amide bonds. The number of amides is 1. The first kappa shape index (κ1) is 13.3. The Bertz CT molecular complexity index is 800. The summed E-state index contributed by atoms with van der Waals surface area (Å²) in [4.78, 5) is 27.0. The summed E-state index contributed by atoms with van der Waals surface area (Å²) in [6.07, 6.45) is 1.46. The third-order valence-corrected chi connectivity index (χ3v) is 3.09. The lowest BCUT2D eigenvalue weighted by Gasteiger charge is -2.05. The molecule has 3 aromatic rings. The summed E-state index contributed by atoms with van der Waals surface area (Å²) in [5.74, 6) is 0.424. The van der Waals surface area contributed by atoms with E-state index in [1.54, 1.807) is 31.4 Å². The van der Waals surface area contributed by atoms with Crippen molar-refractivity contribution in [1.82, 2.24) is 19.9 Å². The zero-order valence-electron chi connectivity index (χ0n) is 10.9. The Morgan fingerprint density at radius 2 is 2.05 bits per heavy atom. The van der Waals surface area contributed by atoms with E-state index in [1.807, 2.05) is 0 Å². The highest BCUT2D eigenvalue weighted by Gasteiger charge is 2.12. The number of ether oxygens (including phenoxy) is 1. The van der Waals surface area contributed by atoms with Crippen LogP contribution in [0.1, 0.15) is 10.4 Å². The minimum absolute atomic E-state index is 0.0976. The zero-order valence-corrected chi connectivity index (χ0v) is 11.7. The summed E-state index contributed by atoms with van der Waals surface area (Å²) in [5, 5.41) is 2.77. The highest BCUT2D eigenvalue weighted by molar-refractivity contribution is 6.33. The summed E-state index contributed by atoms with van der Waals surface area (Å²) < 4.78 is 5.04. The topological polar surface area (TPSA) is 92.8 Å². The fraction of sp³-hybridized carbons (Fsp3) is 0.0769. The van der Waals surface area contributed by atoms with E-state index in [0.29, 0.717) is 22.5 Å². The molecule has 0 radical (unpaired) electrons. The normalized spacial score (nSPS) is 10.6. The van der Waals surface area contributed by atoms with Gasteiger partial charge >= 0.3 is 0 Å². The number of nitrogens with zero attached hydrogens (tertiary/aromatic N) is 3. The number of rotatable bonds is 3. The maximum Gasteiger partial charge on any atom is 0.258 e. The number of carbonyl (C=O) groups is 1. The van der Waals surface area contributed by atoms with Crippen molar-refractivity contribution in [2.24, 2.45) is 0 Å². The minimum Gasteiger partial charge on any atom is -0.497 e. The van der Waals surface area contributed by atoms with Gasteiger partial charge in [-0.3, -0.25) is 10.1 Å². The summed E-state index contributed by atoms with van der Waals surface area (Å²) in [6, 6.07) is 6.67. The van der Waals surface area contributed by atoms with Crippen molar-refractivity contribution < 1.29 is 9.53 Å². The quantitative estimate of drug-likeness (QED) is 0.724. The molecule has 2 N–H and O–H groups in total. The fourth-order valence-electron chi connectivity index (χ4n) is 1.77. The van der Waals surface area contributed by atoms with Crippen molar-refractivity contribution in [3.63, 3.8) is 0 Å². The van der Waals surface area contributed by atoms with Gasteiger partial charge in [0.1, 0.15) is 11.3 Å². The number of anilines is 1. The number of aromatic amines is 1. The molecule has 8 heteroatoms. The molecule has 21 heavy (non-hydrogen) atoms. The summed E-state index contributed by atoms with van der Waals surface area (Å²) in [5.41, 5.74) is 1.37. The molecule has 106 valence electrons. The van der Waals surface area contributed by atoms with Crippen LogP contribution in [0.2, 0.25) is 5.15 Å². The number of nitrogens with one attached hydrogen (secondary N) is 2. The smallest absolute Gasteiger partial charge is 0.258 e. The first-order valence-corrected chi connectivity index (χ1v) is 6.37. The minimum atomic E-state index is -0.344. The lowest BCUT2D eigenvalue weighted by atomic mass is 10.2. The van der Waals surface area contributed by atoms with Crippen molar-refractivity contribution in [3.8, 4) is 5.75 Å². The van der Waals surface area contributed by atoms with Gasteiger partial charge in [-0.05, 0) is 24.3 Å². The van der Waals surface area contributed by atoms with Crippen LogP contribution in [0.3, 0.4) is 0 Å². The second-order valence-electron chi connectivity index (χ2n) is 4.12. The van der Waals surface area contributed by atoms with Gasteiger partial charge in [0.2, 0.25) is 5.95 Å². The van der Waals surface area contributed by atoms with Gasteiger partial charge in [0.15, 0.2) is 10.8 Å². The average molecular weight is 304 g/mol. The maximum absolute atomic E-state index is 12.1. The molecule has 0 spiro atoms. The van der Waals surface area contributed by atoms with E-state index in [1.165, 1.54) is 6.33 Å². The van der Waals surface area contributed by atoms with E-state index in [9.17, 15) is 4.79 Å². The van der Waals surface area contributed by atoms with Gasteiger partial charge in [0.25, 0.3) is 5.91 Å². The van der Waals surface area contributed by atoms with E-state index >= 15 is 0 Å². The molecule has 0 unspecified atom stereocenters. The Morgan fingerprint density at radius 3 is 2.76 bits per heavy atom. The average Bonchev–Trinajstić information content (AvgIpc) is 2.96. The van der Waals surface area contributed by atoms with Gasteiger partial charge in [0, 0.05) is 5.56 Å². The van der Waals surface area contributed by atoms with Crippen LogP contribution < -0.4 is 10.1 Å². The number of benzene rings is 1. The molecular formula is C13H10ClN5O2. The maximum atomic E-state index is 12.1. The predicted octanol–water partition coefficient (Wildman–Crippen LogP) is 2.27. The van der Waals surface area contributed by atoms with Crippen LogP contribution in [0.5, 0.6) is 5.75 Å². The first-order valence-electron chi connectivity index (χ1n) is 5.99. The number of carbonyl (C=O) groups excluding carboxylic acids is 1. The molecule has 1 aromatic carbocycles. The van der Waals surface area contributed by atoms with Crippen LogP contribution >= 0.6 is 11.6 Å². The Hall–Kier alpha value is -2.67. The molecule has 3 rings (SSSR count). The van der Waals surface area contributed by atoms with E-state index in [-0.39, 0.29) is 17.0 Å². The van der Waals surface area contributed by atoms with Gasteiger partial charge in [-0.25, -0.2) is 4.98 Å². The van der Waals surface area contributed by atoms with Gasteiger partial charge < -0.3 is 9.72 Å². The Labute approximate surface area is 124 Å². The van der Waals surface area contributed by atoms with Crippen LogP contribution in [0, 0.1) is 0 Å². The van der Waals surface area contributed by atoms with Crippen LogP contribution in [-0.4, -0.2) is 33.0 Å². The molecular weight excluding hydrogens is 294 g/mol. The molecule has 0 aliphatic carbocycles. The molecule has 0 aliphatic heterocycles. The highest BCUT2D eigenvalue weighted by Crippen LogP contribution is 2.19. The molecule has 0 saturated carbocycles. The number of aromatic nitrogens is 4. The predicted molar refractivity (Wildman–Crippen MR) is 77.6 cm³/mol. The van der Waals surface area contributed by atoms with Crippen molar-refractivity contribution in [1.29, 1.82) is 0 Å². The summed E-state index contributed by atoms with van der Waals surface area (Å²) in [6.45, 7) is 0. The lowest BCUT2D eigenvalue weighted by molar-refractivity contribution is 0.102. The van der Waals surface area contributed by atoms with Crippen LogP contribution in [0.15, 0.2) is 30.6 Å². The van der Waals surface area contributed by atoms with E-state index < -0.39 is 0 Å². The van der Waals surface area contributed by atoms with Gasteiger partial charge in [-0.15, -0.1) is 0 Å². The Kier molecular flexibility index (Phi) is 3.41. The molecule has 0 fully saturated rings. The molecule has 0 saturated heterocycles. The molecule has 2 heterocycles. The van der Waals surface area contributed by atoms with Crippen LogP contribution in [0.25, 0.3) is 11.2 Å². The molecule has 0 aliphatic rings. The van der Waals surface area contributed by atoms with Gasteiger partial charge in [-0.2, -0.15) is 9.97 Å². The van der Waals surface area contributed by atoms with Crippen molar-refractivity contribution in [2.45, 2.75) is 0 Å². The Balaban J connectivity index is 1.84. The summed E-state index contributed by atoms with van der Waals surface area (Å²) >= 11 is 5.98. The van der Waals surface area contributed by atoms with E-state index in [4.69, 9.17) is 16.3 Å². The van der Waals surface area contributed by atoms with E-state index in [0.717, 1.165) is 0 Å². The van der Waals surface area contributed by atoms with Crippen molar-refractivity contribution in [3.05, 3.63) is 41.3 Å². The second-order valence-corrected chi connectivity index (χ2v) is 4.48. The van der Waals surface area contributed by atoms with Gasteiger partial charge in [0.05, 0.1) is 13.4 Å². The van der Waals surface area contributed by atoms with Crippen LogP contribution in [0.4, 0.5) is 5.95 Å². The van der Waals surface area contributed by atoms with E-state index in [2.05, 4.69) is 25.3 Å². The number of hydrogen-bond acceptors (Lipinski definition) is 5. The number of hydrogen-bond donors (Lipinski definition) is 2. The monoisotopic (exact) mass is 303 g/mol. The first-order chi connectivity index (χ1) is 10.2. The lowest BCUT2D eigenvalue weighted by Crippen LogP contribution is -2.14. The molecule has 0 bridgehead atoms. The Morgan fingerprint density at radius 1 is 1.29 bits per heavy atom. The second kappa shape index (κ2) is 5.37. The molecule has 0 atom stereocenters. The van der Waals surface area contributed by atoms with Crippen molar-refractivity contribution >= 4 is 34.6 Å². The number of imidazole rings is 1. The fourth-order valence-corrected chi connectivity index (χ4v) is 1.99. The number of halogens is 1. The largest absolute Gasteiger partial charge is 0.497 e.